The lowest BCUT2D eigenvalue weighted by molar-refractivity contribution is -0.138. The van der Waals surface area contributed by atoms with Gasteiger partial charge in [-0.15, -0.1) is 0 Å². The highest BCUT2D eigenvalue weighted by Crippen LogP contribution is 2.21. The van der Waals surface area contributed by atoms with E-state index in [9.17, 15) is 14.3 Å². The minimum atomic E-state index is -0.967. The number of carbonyl (C=O) groups is 1. The molecule has 44 heavy (non-hydrogen) atoms. The van der Waals surface area contributed by atoms with Gasteiger partial charge in [0.15, 0.2) is 0 Å². The van der Waals surface area contributed by atoms with Gasteiger partial charge < -0.3 is 20.5 Å². The van der Waals surface area contributed by atoms with Crippen LogP contribution in [0.4, 0.5) is 16.0 Å². The second-order valence-corrected chi connectivity index (χ2v) is 10.8. The first-order valence-corrected chi connectivity index (χ1v) is 15.1. The van der Waals surface area contributed by atoms with E-state index in [2.05, 4.69) is 42.6 Å². The number of pyridine rings is 2. The second-order valence-electron chi connectivity index (χ2n) is 10.8. The van der Waals surface area contributed by atoms with E-state index in [0.717, 1.165) is 68.5 Å². The number of rotatable bonds is 16. The van der Waals surface area contributed by atoms with E-state index in [4.69, 9.17) is 9.72 Å². The number of carboxylic acids is 1. The number of unbranched alkanes of at least 4 members (excludes halogenated alkanes) is 1. The Morgan fingerprint density at radius 2 is 1.89 bits per heavy atom. The van der Waals surface area contributed by atoms with Gasteiger partial charge >= 0.3 is 5.97 Å². The molecule has 0 saturated heterocycles. The van der Waals surface area contributed by atoms with Crippen LogP contribution in [0.2, 0.25) is 0 Å². The van der Waals surface area contributed by atoms with Crippen molar-refractivity contribution in [2.45, 2.75) is 44.6 Å². The van der Waals surface area contributed by atoms with Gasteiger partial charge in [0, 0.05) is 37.0 Å². The van der Waals surface area contributed by atoms with Crippen LogP contribution in [0.15, 0.2) is 73.3 Å². The summed E-state index contributed by atoms with van der Waals surface area (Å²) in [5.74, 6) is 0.343. The first-order chi connectivity index (χ1) is 21.5. The van der Waals surface area contributed by atoms with E-state index in [1.807, 2.05) is 30.3 Å². The number of carboxylic acid groups (broad SMARTS) is 1. The number of aliphatic carboxylic acids is 1. The minimum Gasteiger partial charge on any atom is -0.491 e. The number of ether oxygens (including phenoxy) is 1. The zero-order valence-corrected chi connectivity index (χ0v) is 24.7. The molecule has 0 radical (unpaired) electrons. The lowest BCUT2D eigenvalue weighted by atomic mass is 10.1. The van der Waals surface area contributed by atoms with Crippen LogP contribution in [-0.4, -0.2) is 74.7 Å². The van der Waals surface area contributed by atoms with Crippen LogP contribution in [-0.2, 0) is 17.6 Å². The molecule has 5 rings (SSSR count). The average Bonchev–Trinajstić information content (AvgIpc) is 3.05. The molecule has 0 fully saturated rings. The van der Waals surface area contributed by atoms with Crippen LogP contribution >= 0.6 is 0 Å². The standard InChI is InChI=1S/C33H38FN7O3/c34-26-19-28(21-35-20-26)44-18-17-41(15-5-4-10-27-12-11-25-9-6-14-37-32(25)38-27)16-13-29(33(42)43)39-31-23-36-22-30(40-31)24-7-2-1-3-8-24/h1-3,7-8,11-12,19-23,29H,4-6,9-10,13-18H2,(H,37,38)(H,39,40)(H,42,43). The smallest absolute Gasteiger partial charge is 0.326 e. The molecule has 0 aliphatic carbocycles. The molecule has 1 unspecified atom stereocenters. The molecular weight excluding hydrogens is 561 g/mol. The molecule has 4 heterocycles. The molecule has 1 atom stereocenters. The monoisotopic (exact) mass is 599 g/mol. The van der Waals surface area contributed by atoms with Crippen molar-refractivity contribution in [1.82, 2.24) is 24.8 Å². The van der Waals surface area contributed by atoms with E-state index in [0.29, 0.717) is 43.4 Å². The largest absolute Gasteiger partial charge is 0.491 e. The third-order valence-electron chi connectivity index (χ3n) is 7.52. The number of anilines is 2. The van der Waals surface area contributed by atoms with Crippen LogP contribution in [0, 0.1) is 5.82 Å². The second kappa shape index (κ2) is 15.7. The van der Waals surface area contributed by atoms with E-state index in [-0.39, 0.29) is 0 Å². The number of aromatic nitrogens is 4. The van der Waals surface area contributed by atoms with Crippen molar-refractivity contribution in [1.29, 1.82) is 0 Å². The summed E-state index contributed by atoms with van der Waals surface area (Å²) >= 11 is 0. The predicted molar refractivity (Wildman–Crippen MR) is 167 cm³/mol. The van der Waals surface area contributed by atoms with Crippen LogP contribution in [0.25, 0.3) is 11.3 Å². The fourth-order valence-electron chi connectivity index (χ4n) is 5.18. The summed E-state index contributed by atoms with van der Waals surface area (Å²) in [6, 6.07) is 14.3. The maximum atomic E-state index is 13.5. The van der Waals surface area contributed by atoms with Crippen molar-refractivity contribution in [3.05, 3.63) is 90.4 Å². The van der Waals surface area contributed by atoms with E-state index < -0.39 is 17.8 Å². The summed E-state index contributed by atoms with van der Waals surface area (Å²) in [7, 11) is 0. The van der Waals surface area contributed by atoms with Crippen molar-refractivity contribution in [2.24, 2.45) is 0 Å². The molecule has 11 heteroatoms. The lowest BCUT2D eigenvalue weighted by Crippen LogP contribution is -2.37. The van der Waals surface area contributed by atoms with Gasteiger partial charge in [-0.3, -0.25) is 14.9 Å². The predicted octanol–water partition coefficient (Wildman–Crippen LogP) is 5.09. The first-order valence-electron chi connectivity index (χ1n) is 15.1. The molecule has 3 N–H and O–H groups in total. The van der Waals surface area contributed by atoms with Gasteiger partial charge in [0.2, 0.25) is 0 Å². The molecule has 230 valence electrons. The normalized spacial score (nSPS) is 13.1. The Bertz CT molecular complexity index is 1510. The molecule has 0 spiro atoms. The first kappa shape index (κ1) is 30.8. The number of aryl methyl sites for hydroxylation is 2. The number of nitrogens with one attached hydrogen (secondary N) is 2. The third-order valence-corrected chi connectivity index (χ3v) is 7.52. The maximum absolute atomic E-state index is 13.5. The molecule has 1 aromatic carbocycles. The van der Waals surface area contributed by atoms with Gasteiger partial charge in [0.1, 0.15) is 35.9 Å². The van der Waals surface area contributed by atoms with Crippen LogP contribution in [0.1, 0.15) is 36.9 Å². The summed E-state index contributed by atoms with van der Waals surface area (Å²) in [4.78, 5) is 31.9. The number of hydrogen-bond acceptors (Lipinski definition) is 9. The Morgan fingerprint density at radius 1 is 1.02 bits per heavy atom. The van der Waals surface area contributed by atoms with Gasteiger partial charge in [-0.2, -0.15) is 0 Å². The number of benzene rings is 1. The fourth-order valence-corrected chi connectivity index (χ4v) is 5.18. The molecule has 4 aromatic rings. The van der Waals surface area contributed by atoms with E-state index in [1.54, 1.807) is 6.20 Å². The Kier molecular flexibility index (Phi) is 11.0. The molecule has 0 saturated carbocycles. The summed E-state index contributed by atoms with van der Waals surface area (Å²) < 4.78 is 19.3. The summed E-state index contributed by atoms with van der Waals surface area (Å²) in [5.41, 5.74) is 3.91. The zero-order chi connectivity index (χ0) is 30.6. The Balaban J connectivity index is 1.17. The average molecular weight is 600 g/mol. The SMILES string of the molecule is O=C(O)C(CCN(CCCCc1ccc2c(n1)NCCC2)CCOc1cncc(F)c1)Nc1cncc(-c2ccccc2)n1. The topological polar surface area (TPSA) is 125 Å². The van der Waals surface area contributed by atoms with Crippen molar-refractivity contribution < 1.29 is 19.0 Å². The molecule has 3 aromatic heterocycles. The number of nitrogens with zero attached hydrogens (tertiary/aromatic N) is 5. The summed E-state index contributed by atoms with van der Waals surface area (Å²) in [6.45, 7) is 3.10. The molecule has 0 amide bonds. The molecule has 1 aliphatic heterocycles. The molecule has 0 bridgehead atoms. The number of halogens is 1. The van der Waals surface area contributed by atoms with Gasteiger partial charge in [-0.1, -0.05) is 36.4 Å². The van der Waals surface area contributed by atoms with Gasteiger partial charge in [-0.25, -0.2) is 19.2 Å². The highest BCUT2D eigenvalue weighted by Gasteiger charge is 2.20. The van der Waals surface area contributed by atoms with Crippen molar-refractivity contribution in [3.63, 3.8) is 0 Å². The maximum Gasteiger partial charge on any atom is 0.326 e. The quantitative estimate of drug-likeness (QED) is 0.150. The number of hydrogen-bond donors (Lipinski definition) is 3. The fraction of sp³-hybridized carbons (Fsp3) is 0.364. The molecular formula is C33H38FN7O3. The van der Waals surface area contributed by atoms with Crippen LogP contribution in [0.3, 0.4) is 0 Å². The Hall–Kier alpha value is -4.64. The number of fused-ring (bicyclic) bond motifs is 1. The highest BCUT2D eigenvalue weighted by molar-refractivity contribution is 5.77. The van der Waals surface area contributed by atoms with E-state index in [1.165, 1.54) is 24.0 Å². The van der Waals surface area contributed by atoms with Crippen molar-refractivity contribution in [2.75, 3.05) is 43.4 Å². The van der Waals surface area contributed by atoms with Gasteiger partial charge in [0.05, 0.1) is 30.5 Å². The van der Waals surface area contributed by atoms with Gasteiger partial charge in [0.25, 0.3) is 0 Å². The highest BCUT2D eigenvalue weighted by atomic mass is 19.1. The van der Waals surface area contributed by atoms with Crippen molar-refractivity contribution in [3.8, 4) is 17.0 Å². The summed E-state index contributed by atoms with van der Waals surface area (Å²) in [5, 5.41) is 16.4. The van der Waals surface area contributed by atoms with Crippen LogP contribution < -0.4 is 15.4 Å². The van der Waals surface area contributed by atoms with E-state index >= 15 is 0 Å². The molecule has 10 nitrogen and oxygen atoms in total. The Labute approximate surface area is 256 Å². The third kappa shape index (κ3) is 9.18. The van der Waals surface area contributed by atoms with Crippen LogP contribution in [0.5, 0.6) is 5.75 Å². The lowest BCUT2D eigenvalue weighted by Gasteiger charge is -2.24. The van der Waals surface area contributed by atoms with Gasteiger partial charge in [-0.05, 0) is 56.7 Å². The Morgan fingerprint density at radius 3 is 2.73 bits per heavy atom. The van der Waals surface area contributed by atoms with Crippen molar-refractivity contribution >= 4 is 17.6 Å². The summed E-state index contributed by atoms with van der Waals surface area (Å²) in [6.07, 6.45) is 11.0. The zero-order valence-electron chi connectivity index (χ0n) is 24.7. The molecule has 1 aliphatic rings. The minimum absolute atomic E-state index is 0.318.